The molecular weight excluding hydrogens is 410 g/mol. The highest BCUT2D eigenvalue weighted by atomic mass is 16.5. The van der Waals surface area contributed by atoms with Crippen LogP contribution in [0.25, 0.3) is 16.9 Å². The van der Waals surface area contributed by atoms with Crippen molar-refractivity contribution in [3.8, 4) is 17.0 Å². The van der Waals surface area contributed by atoms with Crippen molar-refractivity contribution < 1.29 is 4.74 Å². The molecule has 6 heteroatoms. The molecule has 1 saturated heterocycles. The summed E-state index contributed by atoms with van der Waals surface area (Å²) in [5, 5.41) is 0. The third-order valence-electron chi connectivity index (χ3n) is 6.21. The summed E-state index contributed by atoms with van der Waals surface area (Å²) in [6.07, 6.45) is 2.98. The number of rotatable bonds is 7. The number of ether oxygens (including phenoxy) is 1. The molecule has 0 atom stereocenters. The Labute approximate surface area is 195 Å². The molecule has 0 amide bonds. The van der Waals surface area contributed by atoms with E-state index in [2.05, 4.69) is 63.6 Å². The monoisotopic (exact) mass is 441 g/mol. The Morgan fingerprint density at radius 2 is 1.67 bits per heavy atom. The van der Waals surface area contributed by atoms with Gasteiger partial charge in [0.05, 0.1) is 18.0 Å². The van der Waals surface area contributed by atoms with Crippen molar-refractivity contribution in [2.24, 2.45) is 0 Å². The maximum atomic E-state index is 6.14. The molecule has 33 heavy (non-hydrogen) atoms. The van der Waals surface area contributed by atoms with Gasteiger partial charge < -0.3 is 19.8 Å². The van der Waals surface area contributed by atoms with E-state index in [1.165, 1.54) is 11.4 Å². The topological polar surface area (TPSA) is 59.0 Å². The molecule has 3 heterocycles. The summed E-state index contributed by atoms with van der Waals surface area (Å²) in [5.74, 6) is 0.896. The lowest BCUT2D eigenvalue weighted by Crippen LogP contribution is -2.46. The van der Waals surface area contributed by atoms with Crippen molar-refractivity contribution in [1.29, 1.82) is 0 Å². The van der Waals surface area contributed by atoms with Gasteiger partial charge >= 0.3 is 0 Å². The summed E-state index contributed by atoms with van der Waals surface area (Å²) in [7, 11) is 0. The highest BCUT2D eigenvalue weighted by Crippen LogP contribution is 2.29. The molecule has 1 fully saturated rings. The zero-order valence-corrected chi connectivity index (χ0v) is 19.2. The van der Waals surface area contributed by atoms with E-state index in [1.807, 2.05) is 30.5 Å². The largest absolute Gasteiger partial charge is 0.494 e. The number of nitrogens with two attached hydrogens (primary N) is 1. The van der Waals surface area contributed by atoms with E-state index in [0.717, 1.165) is 74.1 Å². The van der Waals surface area contributed by atoms with Crippen LogP contribution in [0, 0.1) is 0 Å². The number of pyridine rings is 1. The molecule has 2 N–H and O–H groups in total. The first-order chi connectivity index (χ1) is 16.2. The minimum absolute atomic E-state index is 0.729. The van der Waals surface area contributed by atoms with Crippen molar-refractivity contribution in [1.82, 2.24) is 14.3 Å². The highest BCUT2D eigenvalue weighted by molar-refractivity contribution is 5.68. The van der Waals surface area contributed by atoms with Crippen LogP contribution in [0.4, 0.5) is 11.4 Å². The van der Waals surface area contributed by atoms with Gasteiger partial charge in [0.2, 0.25) is 0 Å². The number of hydrogen-bond donors (Lipinski definition) is 1. The van der Waals surface area contributed by atoms with E-state index in [-0.39, 0.29) is 0 Å². The molecule has 6 nitrogen and oxygen atoms in total. The molecule has 0 bridgehead atoms. The Morgan fingerprint density at radius 3 is 2.39 bits per heavy atom. The molecule has 2 aromatic heterocycles. The Balaban J connectivity index is 1.39. The van der Waals surface area contributed by atoms with Gasteiger partial charge in [0.15, 0.2) is 0 Å². The minimum Gasteiger partial charge on any atom is -0.494 e. The predicted molar refractivity (Wildman–Crippen MR) is 135 cm³/mol. The van der Waals surface area contributed by atoms with Crippen molar-refractivity contribution >= 4 is 17.0 Å². The van der Waals surface area contributed by atoms with Crippen LogP contribution in [0.1, 0.15) is 19.0 Å². The normalized spacial score (nSPS) is 14.6. The van der Waals surface area contributed by atoms with Crippen molar-refractivity contribution in [3.63, 3.8) is 0 Å². The van der Waals surface area contributed by atoms with Crippen molar-refractivity contribution in [2.75, 3.05) is 43.4 Å². The molecule has 0 radical (unpaired) electrons. The number of aromatic nitrogens is 2. The van der Waals surface area contributed by atoms with E-state index in [1.54, 1.807) is 0 Å². The fraction of sp³-hybridized carbons (Fsp3) is 0.296. The summed E-state index contributed by atoms with van der Waals surface area (Å²) in [6, 6.07) is 22.8. The number of piperazine rings is 1. The molecule has 5 rings (SSSR count). The Kier molecular flexibility index (Phi) is 6.17. The van der Waals surface area contributed by atoms with Crippen LogP contribution in [-0.4, -0.2) is 47.1 Å². The Bertz CT molecular complexity index is 1190. The molecule has 0 aliphatic carbocycles. The highest BCUT2D eigenvalue weighted by Gasteiger charge is 2.21. The summed E-state index contributed by atoms with van der Waals surface area (Å²) in [5.41, 5.74) is 12.4. The number of para-hydroxylation sites is 1. The molecule has 0 spiro atoms. The van der Waals surface area contributed by atoms with Gasteiger partial charge in [0, 0.05) is 55.9 Å². The average Bonchev–Trinajstić information content (AvgIpc) is 3.21. The lowest BCUT2D eigenvalue weighted by Gasteiger charge is -2.36. The summed E-state index contributed by atoms with van der Waals surface area (Å²) < 4.78 is 7.91. The first-order valence-corrected chi connectivity index (χ1v) is 11.7. The molecular formula is C27H31N5O. The third kappa shape index (κ3) is 4.66. The maximum absolute atomic E-state index is 6.14. The Morgan fingerprint density at radius 1 is 0.909 bits per heavy atom. The number of nitrogens with zero attached hydrogens (tertiary/aromatic N) is 4. The molecule has 1 aliphatic heterocycles. The first kappa shape index (κ1) is 21.3. The van der Waals surface area contributed by atoms with Crippen LogP contribution >= 0.6 is 0 Å². The van der Waals surface area contributed by atoms with E-state index in [9.17, 15) is 0 Å². The lowest BCUT2D eigenvalue weighted by molar-refractivity contribution is 0.247. The Hall–Kier alpha value is -3.51. The van der Waals surface area contributed by atoms with Crippen LogP contribution in [-0.2, 0) is 6.54 Å². The van der Waals surface area contributed by atoms with Crippen LogP contribution in [0.3, 0.4) is 0 Å². The van der Waals surface area contributed by atoms with Gasteiger partial charge in [-0.3, -0.25) is 4.90 Å². The second-order valence-electron chi connectivity index (χ2n) is 8.57. The van der Waals surface area contributed by atoms with Gasteiger partial charge in [0.1, 0.15) is 11.4 Å². The van der Waals surface area contributed by atoms with E-state index in [0.29, 0.717) is 0 Å². The lowest BCUT2D eigenvalue weighted by atomic mass is 10.1. The number of benzene rings is 2. The number of hydrogen-bond acceptors (Lipinski definition) is 5. The summed E-state index contributed by atoms with van der Waals surface area (Å²) in [4.78, 5) is 9.94. The summed E-state index contributed by atoms with van der Waals surface area (Å²) in [6.45, 7) is 7.72. The van der Waals surface area contributed by atoms with Crippen LogP contribution in [0.15, 0.2) is 72.9 Å². The summed E-state index contributed by atoms with van der Waals surface area (Å²) >= 11 is 0. The standard InChI is InChI=1S/C27H31N5O/c1-2-18-33-24-11-8-21(9-12-24)27-25(32-19-22(28)10-13-26(32)29-27)20-30-14-16-31(17-15-30)23-6-4-3-5-7-23/h3-13,19H,2,14-18,20,28H2,1H3. The fourth-order valence-corrected chi connectivity index (χ4v) is 4.44. The predicted octanol–water partition coefficient (Wildman–Crippen LogP) is 4.69. The first-order valence-electron chi connectivity index (χ1n) is 11.7. The van der Waals surface area contributed by atoms with Gasteiger partial charge in [-0.1, -0.05) is 25.1 Å². The fourth-order valence-electron chi connectivity index (χ4n) is 4.44. The van der Waals surface area contributed by atoms with Crippen LogP contribution in [0.2, 0.25) is 0 Å². The number of fused-ring (bicyclic) bond motifs is 1. The van der Waals surface area contributed by atoms with E-state index in [4.69, 9.17) is 15.5 Å². The van der Waals surface area contributed by atoms with E-state index < -0.39 is 0 Å². The van der Waals surface area contributed by atoms with Crippen LogP contribution in [0.5, 0.6) is 5.75 Å². The second kappa shape index (κ2) is 9.55. The molecule has 1 aliphatic rings. The van der Waals surface area contributed by atoms with Gasteiger partial charge in [-0.2, -0.15) is 0 Å². The molecule has 4 aromatic rings. The molecule has 0 unspecified atom stereocenters. The van der Waals surface area contributed by atoms with Crippen molar-refractivity contribution in [2.45, 2.75) is 19.9 Å². The maximum Gasteiger partial charge on any atom is 0.137 e. The SMILES string of the molecule is CCCOc1ccc(-c2nc3ccc(N)cn3c2CN2CCN(c3ccccc3)CC2)cc1. The van der Waals surface area contributed by atoms with Gasteiger partial charge in [0.25, 0.3) is 0 Å². The van der Waals surface area contributed by atoms with Crippen LogP contribution < -0.4 is 15.4 Å². The zero-order valence-electron chi connectivity index (χ0n) is 19.2. The van der Waals surface area contributed by atoms with Crippen molar-refractivity contribution in [3.05, 3.63) is 78.6 Å². The number of nitrogen functional groups attached to an aromatic ring is 1. The zero-order chi connectivity index (χ0) is 22.6. The molecule has 2 aromatic carbocycles. The number of anilines is 2. The van der Waals surface area contributed by atoms with Gasteiger partial charge in [-0.15, -0.1) is 0 Å². The second-order valence-corrected chi connectivity index (χ2v) is 8.57. The average molecular weight is 442 g/mol. The quantitative estimate of drug-likeness (QED) is 0.451. The van der Waals surface area contributed by atoms with Gasteiger partial charge in [-0.05, 0) is 55.0 Å². The van der Waals surface area contributed by atoms with E-state index >= 15 is 0 Å². The molecule has 0 saturated carbocycles. The smallest absolute Gasteiger partial charge is 0.137 e. The minimum atomic E-state index is 0.729. The number of imidazole rings is 1. The third-order valence-corrected chi connectivity index (χ3v) is 6.21. The van der Waals surface area contributed by atoms with Gasteiger partial charge in [-0.25, -0.2) is 4.98 Å². The molecule has 170 valence electrons.